The Kier molecular flexibility index (Phi) is 7.62. The topological polar surface area (TPSA) is 64.7 Å². The third kappa shape index (κ3) is 5.66. The zero-order chi connectivity index (χ0) is 21.5. The number of piperazine rings is 1. The van der Waals surface area contributed by atoms with Gasteiger partial charge in [-0.25, -0.2) is 0 Å². The minimum Gasteiger partial charge on any atom is -0.354 e. The fourth-order valence-electron chi connectivity index (χ4n) is 5.68. The molecule has 1 aromatic carbocycles. The summed E-state index contributed by atoms with van der Waals surface area (Å²) in [6, 6.07) is 9.80. The molecule has 0 bridgehead atoms. The average molecular weight is 427 g/mol. The van der Waals surface area contributed by atoms with E-state index in [4.69, 9.17) is 0 Å². The van der Waals surface area contributed by atoms with Gasteiger partial charge in [-0.15, -0.1) is 0 Å². The number of carbonyl (C=O) groups excluding carboxylic acids is 2. The maximum Gasteiger partial charge on any atom is 0.237 e. The first-order valence-corrected chi connectivity index (χ1v) is 12.2. The van der Waals surface area contributed by atoms with Crippen LogP contribution in [0.5, 0.6) is 0 Å². The van der Waals surface area contributed by atoms with Gasteiger partial charge in [0.15, 0.2) is 0 Å². The van der Waals surface area contributed by atoms with Crippen LogP contribution in [0.2, 0.25) is 0 Å². The van der Waals surface area contributed by atoms with Crippen LogP contribution >= 0.6 is 0 Å². The SMILES string of the molecule is O=C(C[C@@H]1C(=O)NCCN1Cc1ccccc1)NCC1(N2CCCCC2)CCCCC1. The second kappa shape index (κ2) is 10.6. The van der Waals surface area contributed by atoms with Crippen molar-refractivity contribution in [3.8, 4) is 0 Å². The van der Waals surface area contributed by atoms with E-state index < -0.39 is 6.04 Å². The van der Waals surface area contributed by atoms with Crippen molar-refractivity contribution in [1.82, 2.24) is 20.4 Å². The fourth-order valence-corrected chi connectivity index (χ4v) is 5.68. The van der Waals surface area contributed by atoms with Gasteiger partial charge in [0.1, 0.15) is 0 Å². The smallest absolute Gasteiger partial charge is 0.237 e. The lowest BCUT2D eigenvalue weighted by Crippen LogP contribution is -2.59. The standard InChI is InChI=1S/C25H38N4O2/c30-23(27-20-25(12-6-2-7-13-25)29-15-8-3-9-16-29)18-22-24(31)26-14-17-28(22)19-21-10-4-1-5-11-21/h1,4-5,10-11,22H,2-3,6-9,12-20H2,(H,26,31)(H,27,30)/t22-/m1/s1. The number of hydrogen-bond donors (Lipinski definition) is 2. The molecular weight excluding hydrogens is 388 g/mol. The molecule has 2 N–H and O–H groups in total. The van der Waals surface area contributed by atoms with E-state index in [1.807, 2.05) is 18.2 Å². The largest absolute Gasteiger partial charge is 0.354 e. The van der Waals surface area contributed by atoms with Gasteiger partial charge < -0.3 is 10.6 Å². The van der Waals surface area contributed by atoms with E-state index in [1.165, 1.54) is 56.9 Å². The molecule has 1 saturated carbocycles. The third-order valence-corrected chi connectivity index (χ3v) is 7.47. The first-order chi connectivity index (χ1) is 15.2. The van der Waals surface area contributed by atoms with E-state index in [-0.39, 0.29) is 23.8 Å². The summed E-state index contributed by atoms with van der Waals surface area (Å²) >= 11 is 0. The predicted molar refractivity (Wildman–Crippen MR) is 123 cm³/mol. The molecule has 2 heterocycles. The second-order valence-electron chi connectivity index (χ2n) is 9.58. The molecule has 1 aliphatic carbocycles. The van der Waals surface area contributed by atoms with Crippen LogP contribution in [0.3, 0.4) is 0 Å². The molecule has 2 amide bonds. The lowest BCUT2D eigenvalue weighted by Gasteiger charge is -2.48. The van der Waals surface area contributed by atoms with Crippen molar-refractivity contribution in [3.05, 3.63) is 35.9 Å². The van der Waals surface area contributed by atoms with Gasteiger partial charge in [0.2, 0.25) is 11.8 Å². The quantitative estimate of drug-likeness (QED) is 0.704. The van der Waals surface area contributed by atoms with Gasteiger partial charge in [0, 0.05) is 31.7 Å². The number of hydrogen-bond acceptors (Lipinski definition) is 4. The van der Waals surface area contributed by atoms with Crippen molar-refractivity contribution in [3.63, 3.8) is 0 Å². The molecule has 31 heavy (non-hydrogen) atoms. The van der Waals surface area contributed by atoms with Crippen molar-refractivity contribution in [2.75, 3.05) is 32.7 Å². The molecule has 2 saturated heterocycles. The molecule has 2 aliphatic heterocycles. The Labute approximate surface area is 186 Å². The van der Waals surface area contributed by atoms with Crippen molar-refractivity contribution in [2.24, 2.45) is 0 Å². The summed E-state index contributed by atoms with van der Waals surface area (Å²) in [7, 11) is 0. The van der Waals surface area contributed by atoms with Gasteiger partial charge in [-0.1, -0.05) is 56.0 Å². The molecule has 6 heteroatoms. The monoisotopic (exact) mass is 426 g/mol. The van der Waals surface area contributed by atoms with Crippen molar-refractivity contribution >= 4 is 11.8 Å². The van der Waals surface area contributed by atoms with Crippen LogP contribution in [0.4, 0.5) is 0 Å². The van der Waals surface area contributed by atoms with Gasteiger partial charge in [-0.05, 0) is 44.3 Å². The molecular formula is C25H38N4O2. The Morgan fingerprint density at radius 1 is 1.00 bits per heavy atom. The van der Waals surface area contributed by atoms with Crippen molar-refractivity contribution in [2.45, 2.75) is 75.9 Å². The number of piperidine rings is 1. The molecule has 0 radical (unpaired) electrons. The molecule has 1 atom stereocenters. The number of likely N-dealkylation sites (tertiary alicyclic amines) is 1. The number of nitrogens with zero attached hydrogens (tertiary/aromatic N) is 2. The van der Waals surface area contributed by atoms with Crippen LogP contribution < -0.4 is 10.6 Å². The lowest BCUT2D eigenvalue weighted by atomic mass is 9.79. The Balaban J connectivity index is 1.37. The van der Waals surface area contributed by atoms with Gasteiger partial charge in [-0.3, -0.25) is 19.4 Å². The number of nitrogens with one attached hydrogen (secondary N) is 2. The first kappa shape index (κ1) is 22.3. The number of amides is 2. The number of rotatable bonds is 7. The predicted octanol–water partition coefficient (Wildman–Crippen LogP) is 2.68. The van der Waals surface area contributed by atoms with E-state index >= 15 is 0 Å². The van der Waals surface area contributed by atoms with Gasteiger partial charge >= 0.3 is 0 Å². The summed E-state index contributed by atoms with van der Waals surface area (Å²) in [6.07, 6.45) is 10.3. The summed E-state index contributed by atoms with van der Waals surface area (Å²) in [5.41, 5.74) is 1.29. The normalized spacial score (nSPS) is 25.0. The Morgan fingerprint density at radius 2 is 1.71 bits per heavy atom. The molecule has 0 aromatic heterocycles. The highest BCUT2D eigenvalue weighted by Gasteiger charge is 2.39. The van der Waals surface area contributed by atoms with Gasteiger partial charge in [0.05, 0.1) is 12.5 Å². The van der Waals surface area contributed by atoms with E-state index in [0.717, 1.165) is 26.2 Å². The zero-order valence-corrected chi connectivity index (χ0v) is 18.8. The van der Waals surface area contributed by atoms with Crippen LogP contribution in [-0.4, -0.2) is 65.9 Å². The highest BCUT2D eigenvalue weighted by Crippen LogP contribution is 2.35. The summed E-state index contributed by atoms with van der Waals surface area (Å²) < 4.78 is 0. The van der Waals surface area contributed by atoms with Crippen LogP contribution in [0.25, 0.3) is 0 Å². The maximum atomic E-state index is 13.0. The highest BCUT2D eigenvalue weighted by atomic mass is 16.2. The van der Waals surface area contributed by atoms with Crippen LogP contribution in [-0.2, 0) is 16.1 Å². The fraction of sp³-hybridized carbons (Fsp3) is 0.680. The Hall–Kier alpha value is -1.92. The zero-order valence-electron chi connectivity index (χ0n) is 18.8. The summed E-state index contributed by atoms with van der Waals surface area (Å²) in [5, 5.41) is 6.20. The molecule has 3 fully saturated rings. The third-order valence-electron chi connectivity index (χ3n) is 7.47. The van der Waals surface area contributed by atoms with Gasteiger partial charge in [0.25, 0.3) is 0 Å². The van der Waals surface area contributed by atoms with Crippen LogP contribution in [0.1, 0.15) is 63.4 Å². The van der Waals surface area contributed by atoms with Crippen molar-refractivity contribution in [1.29, 1.82) is 0 Å². The van der Waals surface area contributed by atoms with Crippen LogP contribution in [0.15, 0.2) is 30.3 Å². The molecule has 4 rings (SSSR count). The minimum absolute atomic E-state index is 0.00192. The molecule has 6 nitrogen and oxygen atoms in total. The second-order valence-corrected chi connectivity index (χ2v) is 9.58. The molecule has 0 spiro atoms. The molecule has 3 aliphatic rings. The van der Waals surface area contributed by atoms with Gasteiger partial charge in [-0.2, -0.15) is 0 Å². The van der Waals surface area contributed by atoms with E-state index in [0.29, 0.717) is 13.1 Å². The van der Waals surface area contributed by atoms with E-state index in [2.05, 4.69) is 32.6 Å². The van der Waals surface area contributed by atoms with E-state index in [9.17, 15) is 9.59 Å². The first-order valence-electron chi connectivity index (χ1n) is 12.2. The lowest BCUT2D eigenvalue weighted by molar-refractivity contribution is -0.134. The summed E-state index contributed by atoms with van der Waals surface area (Å²) in [6.45, 7) is 5.15. The Bertz CT molecular complexity index is 726. The minimum atomic E-state index is -0.397. The summed E-state index contributed by atoms with van der Waals surface area (Å²) in [4.78, 5) is 30.4. The molecule has 1 aromatic rings. The molecule has 170 valence electrons. The average Bonchev–Trinajstić information content (AvgIpc) is 2.82. The van der Waals surface area contributed by atoms with Crippen molar-refractivity contribution < 1.29 is 9.59 Å². The van der Waals surface area contributed by atoms with Crippen LogP contribution in [0, 0.1) is 0 Å². The van der Waals surface area contributed by atoms with E-state index in [1.54, 1.807) is 0 Å². The highest BCUT2D eigenvalue weighted by molar-refractivity contribution is 5.88. The Morgan fingerprint density at radius 3 is 2.45 bits per heavy atom. The molecule has 0 unspecified atom stereocenters. The number of benzene rings is 1. The summed E-state index contributed by atoms with van der Waals surface area (Å²) in [5.74, 6) is -0.0252. The number of carbonyl (C=O) groups is 2. The maximum absolute atomic E-state index is 13.0.